The summed E-state index contributed by atoms with van der Waals surface area (Å²) in [7, 11) is 0. The number of amides is 1. The second-order valence-corrected chi connectivity index (χ2v) is 8.28. The summed E-state index contributed by atoms with van der Waals surface area (Å²) < 4.78 is 12.0. The van der Waals surface area contributed by atoms with Crippen molar-refractivity contribution >= 4 is 11.7 Å². The molecule has 0 N–H and O–H groups in total. The fraction of sp³-hybridized carbons (Fsp3) is 0.269. The molecule has 10 heteroatoms. The molecule has 4 aromatic rings. The highest BCUT2D eigenvalue weighted by molar-refractivity contribution is 5.76. The van der Waals surface area contributed by atoms with E-state index in [0.29, 0.717) is 44.2 Å². The number of furan rings is 1. The SMILES string of the molecule is CCOc1ccc(-c2cc(N3CCN(C(=O)Cn4nc(-c5ccco5)ccc4=O)CC3)ncn2)cc1. The molecule has 1 aromatic carbocycles. The molecule has 1 fully saturated rings. The molecule has 10 nitrogen and oxygen atoms in total. The summed E-state index contributed by atoms with van der Waals surface area (Å²) in [5.74, 6) is 2.02. The van der Waals surface area contributed by atoms with E-state index in [1.807, 2.05) is 37.3 Å². The van der Waals surface area contributed by atoms with E-state index in [9.17, 15) is 9.59 Å². The lowest BCUT2D eigenvalue weighted by molar-refractivity contribution is -0.132. The number of piperazine rings is 1. The molecule has 0 bridgehead atoms. The monoisotopic (exact) mass is 486 g/mol. The smallest absolute Gasteiger partial charge is 0.267 e. The molecule has 1 amide bonds. The Morgan fingerprint density at radius 2 is 1.81 bits per heavy atom. The van der Waals surface area contributed by atoms with Gasteiger partial charge in [0.15, 0.2) is 5.76 Å². The summed E-state index contributed by atoms with van der Waals surface area (Å²) in [6, 6.07) is 16.2. The summed E-state index contributed by atoms with van der Waals surface area (Å²) in [6.07, 6.45) is 3.10. The van der Waals surface area contributed by atoms with Gasteiger partial charge in [0.25, 0.3) is 5.56 Å². The first-order valence-electron chi connectivity index (χ1n) is 11.8. The van der Waals surface area contributed by atoms with Crippen LogP contribution in [0.15, 0.2) is 76.4 Å². The quantitative estimate of drug-likeness (QED) is 0.393. The van der Waals surface area contributed by atoms with Gasteiger partial charge in [-0.15, -0.1) is 0 Å². The molecular formula is C26H26N6O4. The van der Waals surface area contributed by atoms with Crippen molar-refractivity contribution in [2.45, 2.75) is 13.5 Å². The fourth-order valence-corrected chi connectivity index (χ4v) is 4.10. The lowest BCUT2D eigenvalue weighted by Crippen LogP contribution is -2.50. The zero-order valence-electron chi connectivity index (χ0n) is 19.9. The molecule has 0 spiro atoms. The van der Waals surface area contributed by atoms with Gasteiger partial charge in [-0.3, -0.25) is 9.59 Å². The van der Waals surface area contributed by atoms with Crippen LogP contribution in [0.25, 0.3) is 22.7 Å². The maximum Gasteiger partial charge on any atom is 0.267 e. The molecule has 36 heavy (non-hydrogen) atoms. The van der Waals surface area contributed by atoms with Gasteiger partial charge >= 0.3 is 0 Å². The molecule has 184 valence electrons. The van der Waals surface area contributed by atoms with Crippen LogP contribution in [0.1, 0.15) is 6.92 Å². The predicted molar refractivity (Wildman–Crippen MR) is 134 cm³/mol. The van der Waals surface area contributed by atoms with Gasteiger partial charge in [0.05, 0.1) is 18.6 Å². The molecule has 3 aromatic heterocycles. The Morgan fingerprint density at radius 1 is 1.00 bits per heavy atom. The first kappa shape index (κ1) is 23.3. The van der Waals surface area contributed by atoms with E-state index >= 15 is 0 Å². The van der Waals surface area contributed by atoms with E-state index in [1.54, 1.807) is 29.4 Å². The van der Waals surface area contributed by atoms with E-state index in [2.05, 4.69) is 20.0 Å². The third-order valence-electron chi connectivity index (χ3n) is 6.00. The highest BCUT2D eigenvalue weighted by Gasteiger charge is 2.23. The van der Waals surface area contributed by atoms with E-state index < -0.39 is 0 Å². The van der Waals surface area contributed by atoms with E-state index in [4.69, 9.17) is 9.15 Å². The lowest BCUT2D eigenvalue weighted by atomic mass is 10.1. The van der Waals surface area contributed by atoms with Gasteiger partial charge in [-0.25, -0.2) is 14.6 Å². The molecule has 1 saturated heterocycles. The average Bonchev–Trinajstić information content (AvgIpc) is 3.46. The maximum absolute atomic E-state index is 12.9. The van der Waals surface area contributed by atoms with Crippen molar-refractivity contribution in [3.63, 3.8) is 0 Å². The molecule has 0 aliphatic carbocycles. The van der Waals surface area contributed by atoms with Crippen LogP contribution in [0.4, 0.5) is 5.82 Å². The van der Waals surface area contributed by atoms with Crippen molar-refractivity contribution in [3.8, 4) is 28.5 Å². The number of nitrogens with zero attached hydrogens (tertiary/aromatic N) is 6. The predicted octanol–water partition coefficient (Wildman–Crippen LogP) is 2.71. The van der Waals surface area contributed by atoms with Crippen LogP contribution in [0.5, 0.6) is 5.75 Å². The Morgan fingerprint density at radius 3 is 2.53 bits per heavy atom. The minimum Gasteiger partial charge on any atom is -0.494 e. The number of anilines is 1. The fourth-order valence-electron chi connectivity index (χ4n) is 4.10. The number of ether oxygens (including phenoxy) is 1. The van der Waals surface area contributed by atoms with Crippen molar-refractivity contribution < 1.29 is 13.9 Å². The van der Waals surface area contributed by atoms with Crippen LogP contribution in [-0.2, 0) is 11.3 Å². The molecule has 1 aliphatic rings. The zero-order valence-corrected chi connectivity index (χ0v) is 19.9. The highest BCUT2D eigenvalue weighted by atomic mass is 16.5. The number of hydrogen-bond donors (Lipinski definition) is 0. The van der Waals surface area contributed by atoms with Gasteiger partial charge in [-0.1, -0.05) is 0 Å². The summed E-state index contributed by atoms with van der Waals surface area (Å²) in [5, 5.41) is 4.29. The minimum absolute atomic E-state index is 0.122. The molecule has 4 heterocycles. The van der Waals surface area contributed by atoms with Crippen molar-refractivity contribution in [1.29, 1.82) is 0 Å². The Bertz CT molecular complexity index is 1380. The van der Waals surface area contributed by atoms with Crippen molar-refractivity contribution in [2.75, 3.05) is 37.7 Å². The minimum atomic E-state index is -0.333. The Balaban J connectivity index is 1.22. The second-order valence-electron chi connectivity index (χ2n) is 8.28. The molecule has 1 aliphatic heterocycles. The standard InChI is InChI=1S/C26H26N6O4/c1-2-35-20-7-5-19(6-8-20)22-16-24(28-18-27-22)30-11-13-31(14-12-30)26(34)17-32-25(33)10-9-21(29-32)23-4-3-15-36-23/h3-10,15-16,18H,2,11-14,17H2,1H3. The average molecular weight is 487 g/mol. The Labute approximate surface area is 207 Å². The van der Waals surface area contributed by atoms with Crippen LogP contribution in [0, 0.1) is 0 Å². The topological polar surface area (TPSA) is 107 Å². The van der Waals surface area contributed by atoms with E-state index in [0.717, 1.165) is 22.8 Å². The highest BCUT2D eigenvalue weighted by Crippen LogP contribution is 2.24. The van der Waals surface area contributed by atoms with Crippen molar-refractivity contribution in [3.05, 3.63) is 77.5 Å². The summed E-state index contributed by atoms with van der Waals surface area (Å²) in [6.45, 7) is 4.75. The third-order valence-corrected chi connectivity index (χ3v) is 6.00. The number of benzene rings is 1. The zero-order chi connectivity index (χ0) is 24.9. The Hall–Kier alpha value is -4.47. The van der Waals surface area contributed by atoms with Crippen molar-refractivity contribution in [2.24, 2.45) is 0 Å². The summed E-state index contributed by atoms with van der Waals surface area (Å²) >= 11 is 0. The molecule has 0 saturated carbocycles. The van der Waals surface area contributed by atoms with Crippen LogP contribution in [-0.4, -0.2) is 63.3 Å². The largest absolute Gasteiger partial charge is 0.494 e. The Kier molecular flexibility index (Phi) is 6.74. The van der Waals surface area contributed by atoms with E-state index in [1.165, 1.54) is 17.0 Å². The van der Waals surface area contributed by atoms with Crippen LogP contribution < -0.4 is 15.2 Å². The first-order chi connectivity index (χ1) is 17.6. The molecule has 5 rings (SSSR count). The number of carbonyl (C=O) groups is 1. The van der Waals surface area contributed by atoms with Gasteiger partial charge in [0.1, 0.15) is 30.1 Å². The van der Waals surface area contributed by atoms with Gasteiger partial charge in [-0.05, 0) is 49.4 Å². The summed E-state index contributed by atoms with van der Waals surface area (Å²) in [5.41, 5.74) is 1.97. The van der Waals surface area contributed by atoms with Crippen LogP contribution >= 0.6 is 0 Å². The molecule has 0 atom stereocenters. The van der Waals surface area contributed by atoms with E-state index in [-0.39, 0.29) is 18.0 Å². The number of hydrogen-bond acceptors (Lipinski definition) is 8. The van der Waals surface area contributed by atoms with Gasteiger partial charge in [-0.2, -0.15) is 5.10 Å². The molecule has 0 radical (unpaired) electrons. The number of rotatable bonds is 7. The van der Waals surface area contributed by atoms with Gasteiger partial charge in [0, 0.05) is 43.9 Å². The second kappa shape index (κ2) is 10.4. The normalized spacial score (nSPS) is 13.6. The lowest BCUT2D eigenvalue weighted by Gasteiger charge is -2.35. The van der Waals surface area contributed by atoms with Gasteiger partial charge in [0.2, 0.25) is 5.91 Å². The number of aromatic nitrogens is 4. The van der Waals surface area contributed by atoms with Gasteiger partial charge < -0.3 is 19.0 Å². The van der Waals surface area contributed by atoms with Crippen molar-refractivity contribution in [1.82, 2.24) is 24.6 Å². The summed E-state index contributed by atoms with van der Waals surface area (Å²) in [4.78, 5) is 37.9. The molecule has 0 unspecified atom stereocenters. The number of carbonyl (C=O) groups excluding carboxylic acids is 1. The van der Waals surface area contributed by atoms with Crippen LogP contribution in [0.3, 0.4) is 0 Å². The third kappa shape index (κ3) is 5.12. The maximum atomic E-state index is 12.9. The van der Waals surface area contributed by atoms with Crippen LogP contribution in [0.2, 0.25) is 0 Å². The molecular weight excluding hydrogens is 460 g/mol. The first-order valence-corrected chi connectivity index (χ1v) is 11.8.